The van der Waals surface area contributed by atoms with Crippen molar-refractivity contribution < 1.29 is 4.79 Å². The van der Waals surface area contributed by atoms with Gasteiger partial charge in [0.2, 0.25) is 0 Å². The Labute approximate surface area is 165 Å². The van der Waals surface area contributed by atoms with Crippen molar-refractivity contribution in [3.63, 3.8) is 0 Å². The van der Waals surface area contributed by atoms with Gasteiger partial charge in [0.25, 0.3) is 11.5 Å². The molecule has 7 nitrogen and oxygen atoms in total. The molecular formula is C18H17Cl2N5O2. The van der Waals surface area contributed by atoms with Gasteiger partial charge in [-0.2, -0.15) is 10.2 Å². The number of anilines is 1. The number of amides is 1. The smallest absolute Gasteiger partial charge is 0.277 e. The normalized spacial score (nSPS) is 10.8. The van der Waals surface area contributed by atoms with Crippen molar-refractivity contribution in [2.24, 2.45) is 0 Å². The summed E-state index contributed by atoms with van der Waals surface area (Å²) in [6.45, 7) is 2.75. The van der Waals surface area contributed by atoms with Gasteiger partial charge in [0, 0.05) is 28.7 Å². The lowest BCUT2D eigenvalue weighted by Gasteiger charge is -2.11. The van der Waals surface area contributed by atoms with Crippen molar-refractivity contribution in [3.05, 3.63) is 74.3 Å². The fourth-order valence-corrected chi connectivity index (χ4v) is 2.97. The maximum atomic E-state index is 12.5. The lowest BCUT2D eigenvalue weighted by Crippen LogP contribution is -2.26. The molecule has 3 aromatic rings. The van der Waals surface area contributed by atoms with E-state index in [2.05, 4.69) is 15.5 Å². The highest BCUT2D eigenvalue weighted by Gasteiger charge is 2.13. The highest BCUT2D eigenvalue weighted by molar-refractivity contribution is 6.35. The lowest BCUT2D eigenvalue weighted by molar-refractivity contribution is 0.101. The molecule has 0 spiro atoms. The Bertz CT molecular complexity index is 1030. The number of carbonyl (C=O) groups is 1. The second kappa shape index (κ2) is 8.37. The molecule has 0 atom stereocenters. The molecular weight excluding hydrogens is 389 g/mol. The fourth-order valence-electron chi connectivity index (χ4n) is 2.50. The molecule has 140 valence electrons. The molecule has 0 aliphatic rings. The van der Waals surface area contributed by atoms with Crippen LogP contribution in [-0.4, -0.2) is 25.5 Å². The minimum absolute atomic E-state index is 0.153. The van der Waals surface area contributed by atoms with Crippen LogP contribution < -0.4 is 10.9 Å². The summed E-state index contributed by atoms with van der Waals surface area (Å²) in [5.41, 5.74) is 0.728. The van der Waals surface area contributed by atoms with Gasteiger partial charge in [-0.25, -0.2) is 9.36 Å². The van der Waals surface area contributed by atoms with Crippen molar-refractivity contribution in [3.8, 4) is 0 Å². The predicted molar refractivity (Wildman–Crippen MR) is 105 cm³/mol. The van der Waals surface area contributed by atoms with E-state index in [1.165, 1.54) is 16.8 Å². The molecule has 2 heterocycles. The molecule has 3 rings (SSSR count). The zero-order chi connectivity index (χ0) is 19.4. The van der Waals surface area contributed by atoms with Gasteiger partial charge in [0.15, 0.2) is 0 Å². The summed E-state index contributed by atoms with van der Waals surface area (Å²) in [7, 11) is 0. The monoisotopic (exact) mass is 405 g/mol. The number of halogens is 2. The first-order valence-electron chi connectivity index (χ1n) is 8.33. The van der Waals surface area contributed by atoms with Gasteiger partial charge in [-0.15, -0.1) is 0 Å². The molecule has 2 aromatic heterocycles. The Morgan fingerprint density at radius 1 is 1.15 bits per heavy atom. The standard InChI is InChI=1S/C18H17Cl2N5O2/c1-2-9-24-17(26)6-5-15(23-24)18(27)22-16-7-8-21-25(16)11-12-3-4-13(19)10-14(12)20/h3-8,10H,2,9,11H2,1H3,(H,22,27). The van der Waals surface area contributed by atoms with Crippen LogP contribution in [-0.2, 0) is 13.1 Å². The van der Waals surface area contributed by atoms with Crippen LogP contribution in [0, 0.1) is 0 Å². The average Bonchev–Trinajstić information content (AvgIpc) is 3.06. The molecule has 0 fully saturated rings. The van der Waals surface area contributed by atoms with Gasteiger partial charge in [0.1, 0.15) is 11.5 Å². The third kappa shape index (κ3) is 4.56. The van der Waals surface area contributed by atoms with Crippen LogP contribution in [0.4, 0.5) is 5.82 Å². The zero-order valence-corrected chi connectivity index (χ0v) is 16.0. The summed E-state index contributed by atoms with van der Waals surface area (Å²) in [5.74, 6) is 0.0601. The van der Waals surface area contributed by atoms with E-state index in [9.17, 15) is 9.59 Å². The van der Waals surface area contributed by atoms with E-state index in [1.807, 2.05) is 6.92 Å². The quantitative estimate of drug-likeness (QED) is 0.680. The number of aryl methyl sites for hydroxylation is 1. The highest BCUT2D eigenvalue weighted by Crippen LogP contribution is 2.22. The summed E-state index contributed by atoms with van der Waals surface area (Å²) in [6.07, 6.45) is 2.32. The molecule has 0 unspecified atom stereocenters. The highest BCUT2D eigenvalue weighted by atomic mass is 35.5. The largest absolute Gasteiger partial charge is 0.305 e. The molecule has 0 saturated carbocycles. The summed E-state index contributed by atoms with van der Waals surface area (Å²) < 4.78 is 2.88. The van der Waals surface area contributed by atoms with Gasteiger partial charge in [-0.1, -0.05) is 36.2 Å². The van der Waals surface area contributed by atoms with E-state index in [1.54, 1.807) is 35.1 Å². The predicted octanol–water partition coefficient (Wildman–Crippen LogP) is 3.46. The Hall–Kier alpha value is -2.64. The first kappa shape index (κ1) is 19.1. The molecule has 0 aliphatic carbocycles. The van der Waals surface area contributed by atoms with Gasteiger partial charge < -0.3 is 5.32 Å². The number of aromatic nitrogens is 4. The molecule has 1 aromatic carbocycles. The van der Waals surface area contributed by atoms with E-state index in [0.29, 0.717) is 29.0 Å². The topological polar surface area (TPSA) is 81.8 Å². The number of carbonyl (C=O) groups excluding carboxylic acids is 1. The molecule has 0 aliphatic heterocycles. The maximum absolute atomic E-state index is 12.5. The van der Waals surface area contributed by atoms with Crippen molar-refractivity contribution in [1.82, 2.24) is 19.6 Å². The van der Waals surface area contributed by atoms with Crippen molar-refractivity contribution >= 4 is 34.9 Å². The first-order valence-corrected chi connectivity index (χ1v) is 9.09. The van der Waals surface area contributed by atoms with E-state index in [4.69, 9.17) is 23.2 Å². The van der Waals surface area contributed by atoms with Crippen molar-refractivity contribution in [2.75, 3.05) is 5.32 Å². The zero-order valence-electron chi connectivity index (χ0n) is 14.5. The molecule has 1 N–H and O–H groups in total. The van der Waals surface area contributed by atoms with Gasteiger partial charge in [-0.3, -0.25) is 9.59 Å². The minimum Gasteiger partial charge on any atom is -0.305 e. The Morgan fingerprint density at radius 3 is 2.70 bits per heavy atom. The van der Waals surface area contributed by atoms with Gasteiger partial charge >= 0.3 is 0 Å². The SMILES string of the molecule is CCCn1nc(C(=O)Nc2ccnn2Cc2ccc(Cl)cc2Cl)ccc1=O. The second-order valence-electron chi connectivity index (χ2n) is 5.84. The number of hydrogen-bond donors (Lipinski definition) is 1. The van der Waals surface area contributed by atoms with Gasteiger partial charge in [-0.05, 0) is 30.2 Å². The summed E-state index contributed by atoms with van der Waals surface area (Å²) in [4.78, 5) is 24.3. The summed E-state index contributed by atoms with van der Waals surface area (Å²) >= 11 is 12.1. The second-order valence-corrected chi connectivity index (χ2v) is 6.69. The summed E-state index contributed by atoms with van der Waals surface area (Å²) in [5, 5.41) is 12.1. The number of hydrogen-bond acceptors (Lipinski definition) is 4. The average molecular weight is 406 g/mol. The van der Waals surface area contributed by atoms with Gasteiger partial charge in [0.05, 0.1) is 12.7 Å². The molecule has 1 amide bonds. The van der Waals surface area contributed by atoms with E-state index in [-0.39, 0.29) is 11.3 Å². The van der Waals surface area contributed by atoms with Crippen LogP contribution in [0.25, 0.3) is 0 Å². The molecule has 27 heavy (non-hydrogen) atoms. The molecule has 9 heteroatoms. The molecule has 0 saturated heterocycles. The summed E-state index contributed by atoms with van der Waals surface area (Å²) in [6, 6.07) is 9.61. The Kier molecular flexibility index (Phi) is 5.93. The third-order valence-electron chi connectivity index (χ3n) is 3.83. The third-order valence-corrected chi connectivity index (χ3v) is 4.41. The van der Waals surface area contributed by atoms with Crippen LogP contribution in [0.15, 0.2) is 47.4 Å². The molecule has 0 radical (unpaired) electrons. The van der Waals surface area contributed by atoms with Crippen LogP contribution in [0.1, 0.15) is 29.4 Å². The fraction of sp³-hybridized carbons (Fsp3) is 0.222. The van der Waals surface area contributed by atoms with E-state index in [0.717, 1.165) is 12.0 Å². The molecule has 0 bridgehead atoms. The number of nitrogens with one attached hydrogen (secondary N) is 1. The van der Waals surface area contributed by atoms with Crippen LogP contribution >= 0.6 is 23.2 Å². The number of benzene rings is 1. The Balaban J connectivity index is 1.79. The Morgan fingerprint density at radius 2 is 1.96 bits per heavy atom. The van der Waals surface area contributed by atoms with Crippen LogP contribution in [0.5, 0.6) is 0 Å². The van der Waals surface area contributed by atoms with E-state index >= 15 is 0 Å². The lowest BCUT2D eigenvalue weighted by atomic mass is 10.2. The number of nitrogens with zero attached hydrogens (tertiary/aromatic N) is 4. The number of rotatable bonds is 6. The van der Waals surface area contributed by atoms with Crippen molar-refractivity contribution in [2.45, 2.75) is 26.4 Å². The van der Waals surface area contributed by atoms with Crippen molar-refractivity contribution in [1.29, 1.82) is 0 Å². The maximum Gasteiger partial charge on any atom is 0.277 e. The van der Waals surface area contributed by atoms with Crippen LogP contribution in [0.2, 0.25) is 10.0 Å². The van der Waals surface area contributed by atoms with E-state index < -0.39 is 5.91 Å². The minimum atomic E-state index is -0.427. The van der Waals surface area contributed by atoms with Crippen LogP contribution in [0.3, 0.4) is 0 Å². The first-order chi connectivity index (χ1) is 13.0.